The van der Waals surface area contributed by atoms with Gasteiger partial charge >= 0.3 is 11.8 Å². The normalized spacial score (nSPS) is 20.4. The number of imide groups is 1. The minimum Gasteiger partial charge on any atom is -0.444 e. The number of benzene rings is 4. The molecule has 4 atom stereocenters. The molecule has 4 saturated heterocycles. The van der Waals surface area contributed by atoms with Crippen molar-refractivity contribution in [3.63, 3.8) is 0 Å². The van der Waals surface area contributed by atoms with Crippen LogP contribution in [0, 0.1) is 24.7 Å². The lowest BCUT2D eigenvalue weighted by molar-refractivity contribution is -0.136. The maximum atomic E-state index is 15.1. The molecule has 4 aromatic carbocycles. The van der Waals surface area contributed by atoms with Crippen molar-refractivity contribution in [2.75, 3.05) is 51.1 Å². The summed E-state index contributed by atoms with van der Waals surface area (Å²) < 4.78 is 23.7. The summed E-state index contributed by atoms with van der Waals surface area (Å²) in [7, 11) is 1.71. The summed E-state index contributed by atoms with van der Waals surface area (Å²) in [5.41, 5.74) is 5.40. The number of halogens is 1. The second kappa shape index (κ2) is 22.5. The predicted molar refractivity (Wildman–Crippen MR) is 288 cm³/mol. The van der Waals surface area contributed by atoms with Crippen LogP contribution in [0.2, 0.25) is 0 Å². The van der Waals surface area contributed by atoms with Crippen LogP contribution in [0.15, 0.2) is 77.6 Å². The minimum absolute atomic E-state index is 0.0661. The Balaban J connectivity index is 0.714. The van der Waals surface area contributed by atoms with E-state index in [9.17, 15) is 28.8 Å². The van der Waals surface area contributed by atoms with E-state index in [-0.39, 0.29) is 60.8 Å². The third-order valence-electron chi connectivity index (χ3n) is 15.6. The number of fused-ring (bicyclic) bond motifs is 2. The molecular formula is C59H71FN8O7. The van der Waals surface area contributed by atoms with E-state index in [0.29, 0.717) is 42.7 Å². The van der Waals surface area contributed by atoms with Crippen LogP contribution < -0.4 is 21.6 Å². The highest BCUT2D eigenvalue weighted by atomic mass is 19.1. The number of aromatic nitrogens is 2. The van der Waals surface area contributed by atoms with Crippen LogP contribution in [-0.4, -0.2) is 117 Å². The molecule has 0 spiro atoms. The summed E-state index contributed by atoms with van der Waals surface area (Å²) in [6, 6.07) is 22.0. The second-order valence-electron chi connectivity index (χ2n) is 22.0. The first kappa shape index (κ1) is 52.9. The van der Waals surface area contributed by atoms with Gasteiger partial charge in [-0.15, -0.1) is 0 Å². The molecule has 1 aromatic heterocycles. The van der Waals surface area contributed by atoms with Crippen molar-refractivity contribution in [3.8, 4) is 11.8 Å². The fourth-order valence-electron chi connectivity index (χ4n) is 11.3. The molecule has 5 aromatic rings. The van der Waals surface area contributed by atoms with Crippen LogP contribution >= 0.6 is 0 Å². The lowest BCUT2D eigenvalue weighted by atomic mass is 9.89. The Labute approximate surface area is 438 Å². The van der Waals surface area contributed by atoms with Crippen molar-refractivity contribution in [1.29, 1.82) is 0 Å². The number of alkyl halides is 1. The molecule has 0 aliphatic carbocycles. The van der Waals surface area contributed by atoms with Gasteiger partial charge in [0.1, 0.15) is 17.8 Å². The van der Waals surface area contributed by atoms with Gasteiger partial charge in [0.05, 0.1) is 29.7 Å². The number of unbranched alkanes of at least 4 members (excludes halogenated alkanes) is 1. The average Bonchev–Trinajstić information content (AvgIpc) is 3.88. The smallest absolute Gasteiger partial charge is 0.410 e. The topological polar surface area (TPSA) is 167 Å². The van der Waals surface area contributed by atoms with Crippen molar-refractivity contribution in [1.82, 2.24) is 34.5 Å². The van der Waals surface area contributed by atoms with Gasteiger partial charge in [0.15, 0.2) is 0 Å². The van der Waals surface area contributed by atoms with E-state index in [4.69, 9.17) is 4.74 Å². The first-order chi connectivity index (χ1) is 35.9. The van der Waals surface area contributed by atoms with Crippen LogP contribution in [0.3, 0.4) is 0 Å². The number of piperidine rings is 3. The van der Waals surface area contributed by atoms with Gasteiger partial charge in [0, 0.05) is 62.3 Å². The van der Waals surface area contributed by atoms with Crippen molar-refractivity contribution < 1.29 is 33.1 Å². The highest BCUT2D eigenvalue weighted by molar-refractivity contribution is 6.00. The monoisotopic (exact) mass is 1020 g/mol. The molecule has 4 aliphatic heterocycles. The van der Waals surface area contributed by atoms with E-state index >= 15 is 4.39 Å². The molecule has 16 heteroatoms. The van der Waals surface area contributed by atoms with Gasteiger partial charge in [-0.25, -0.2) is 14.0 Å². The summed E-state index contributed by atoms with van der Waals surface area (Å²) >= 11 is 0. The van der Waals surface area contributed by atoms with Crippen molar-refractivity contribution in [2.45, 2.75) is 128 Å². The molecule has 4 aliphatic rings. The molecule has 15 nitrogen and oxygen atoms in total. The number of carbonyl (C=O) groups excluding carboxylic acids is 5. The van der Waals surface area contributed by atoms with Gasteiger partial charge < -0.3 is 30.1 Å². The standard InChI is InChI=1S/C59H71FN8O7/c1-37-14-19-43(62-49-36-67(35-48(49)60)58(74)75-59(3,4)5)34-47(37)55(71)61-38(2)44-20-17-41(45-11-7-8-12-46(44)45)16-15-39-24-29-65(30-25-39)28-10-9-13-54(70)66-31-26-40(27-32-66)42-18-21-50-52(33-42)64(6)57(73)68(50)51-22-23-53(69)63-56(51)72/h7-8,11-12,14,17-21,33-34,38-40,48-49,51,62H,9-10,13,22-32,35-36H2,1-6H3,(H,61,71)(H,63,69,72)/t38-,48+,49+,51?/m1/s1. The number of anilines is 1. The molecular weight excluding hydrogens is 952 g/mol. The Morgan fingerprint density at radius 1 is 0.853 bits per heavy atom. The first-order valence-corrected chi connectivity index (χ1v) is 26.8. The number of imidazole rings is 1. The van der Waals surface area contributed by atoms with Crippen LogP contribution in [0.4, 0.5) is 14.9 Å². The van der Waals surface area contributed by atoms with E-state index in [1.165, 1.54) is 9.47 Å². The number of carbonyl (C=O) groups is 5. The summed E-state index contributed by atoms with van der Waals surface area (Å²) in [6.07, 6.45) is 4.69. The van der Waals surface area contributed by atoms with Gasteiger partial charge in [-0.05, 0) is 163 Å². The van der Waals surface area contributed by atoms with Gasteiger partial charge in [0.2, 0.25) is 17.7 Å². The number of hydrogen-bond acceptors (Lipinski definition) is 9. The summed E-state index contributed by atoms with van der Waals surface area (Å²) in [5.74, 6) is 6.86. The lowest BCUT2D eigenvalue weighted by Crippen LogP contribution is -2.44. The number of ether oxygens (including phenoxy) is 1. The van der Waals surface area contributed by atoms with Gasteiger partial charge in [0.25, 0.3) is 5.91 Å². The second-order valence-corrected chi connectivity index (χ2v) is 22.0. The Kier molecular flexibility index (Phi) is 15.8. The van der Waals surface area contributed by atoms with Crippen molar-refractivity contribution >= 4 is 57.2 Å². The quantitative estimate of drug-likeness (QED) is 0.0633. The fourth-order valence-corrected chi connectivity index (χ4v) is 11.3. The molecule has 0 radical (unpaired) electrons. The largest absolute Gasteiger partial charge is 0.444 e. The van der Waals surface area contributed by atoms with E-state index < -0.39 is 35.9 Å². The van der Waals surface area contributed by atoms with E-state index in [0.717, 1.165) is 96.7 Å². The number of amides is 5. The Hall–Kier alpha value is -6.99. The van der Waals surface area contributed by atoms with Crippen molar-refractivity contribution in [3.05, 3.63) is 111 Å². The van der Waals surface area contributed by atoms with Crippen molar-refractivity contribution in [2.24, 2.45) is 13.0 Å². The van der Waals surface area contributed by atoms with Crippen LogP contribution in [0.25, 0.3) is 21.8 Å². The zero-order chi connectivity index (χ0) is 53.1. The molecule has 4 fully saturated rings. The predicted octanol–water partition coefficient (Wildman–Crippen LogP) is 8.28. The fraction of sp³-hybridized carbons (Fsp3) is 0.492. The van der Waals surface area contributed by atoms with Gasteiger partial charge in [-0.1, -0.05) is 54.3 Å². The first-order valence-electron chi connectivity index (χ1n) is 26.8. The van der Waals surface area contributed by atoms with E-state index in [1.54, 1.807) is 38.5 Å². The molecule has 75 heavy (non-hydrogen) atoms. The van der Waals surface area contributed by atoms with Gasteiger partial charge in [-0.2, -0.15) is 0 Å². The Bertz CT molecular complexity index is 3110. The number of aryl methyl sites for hydroxylation is 2. The molecule has 5 amide bonds. The third kappa shape index (κ3) is 12.1. The van der Waals surface area contributed by atoms with E-state index in [2.05, 4.69) is 57.0 Å². The molecule has 396 valence electrons. The maximum absolute atomic E-state index is 15.1. The lowest BCUT2D eigenvalue weighted by Gasteiger charge is -2.32. The molecule has 0 saturated carbocycles. The molecule has 3 N–H and O–H groups in total. The summed E-state index contributed by atoms with van der Waals surface area (Å²) in [4.78, 5) is 83.2. The number of nitrogens with zero attached hydrogens (tertiary/aromatic N) is 5. The Morgan fingerprint density at radius 3 is 2.33 bits per heavy atom. The number of rotatable bonds is 12. The number of nitrogens with one attached hydrogen (secondary N) is 3. The maximum Gasteiger partial charge on any atom is 0.410 e. The third-order valence-corrected chi connectivity index (χ3v) is 15.6. The van der Waals surface area contributed by atoms with Crippen LogP contribution in [-0.2, 0) is 26.2 Å². The summed E-state index contributed by atoms with van der Waals surface area (Å²) in [5, 5.41) is 10.8. The van der Waals surface area contributed by atoms with Crippen LogP contribution in [0.1, 0.15) is 136 Å². The summed E-state index contributed by atoms with van der Waals surface area (Å²) in [6.45, 7) is 13.6. The Morgan fingerprint density at radius 2 is 1.60 bits per heavy atom. The zero-order valence-electron chi connectivity index (χ0n) is 44.2. The molecule has 1 unspecified atom stereocenters. The van der Waals surface area contributed by atoms with Gasteiger partial charge in [-0.3, -0.25) is 33.6 Å². The highest BCUT2D eigenvalue weighted by Crippen LogP contribution is 2.33. The molecule has 9 rings (SSSR count). The van der Waals surface area contributed by atoms with E-state index in [1.807, 2.05) is 61.2 Å². The molecule has 0 bridgehead atoms. The minimum atomic E-state index is -1.29. The number of hydrogen-bond donors (Lipinski definition) is 3. The number of likely N-dealkylation sites (tertiary alicyclic amines) is 3. The highest BCUT2D eigenvalue weighted by Gasteiger charge is 2.38. The van der Waals surface area contributed by atoms with Crippen LogP contribution in [0.5, 0.6) is 0 Å². The SMILES string of the molecule is Cc1ccc(N[C@H]2CN(C(=O)OC(C)(C)C)C[C@@H]2F)cc1C(=O)N[C@H](C)c1ccc(C#CC2CCN(CCCCC(=O)N3CCC(c4ccc5c(c4)n(C)c(=O)n5C4CCC(=O)NC4=O)CC3)CC2)c2ccccc12. The average molecular weight is 1020 g/mol. The molecule has 5 heterocycles. The zero-order valence-corrected chi connectivity index (χ0v) is 44.2.